The van der Waals surface area contributed by atoms with Crippen LogP contribution < -0.4 is 14.8 Å². The van der Waals surface area contributed by atoms with Crippen molar-refractivity contribution in [3.63, 3.8) is 0 Å². The SMILES string of the molecule is CCOC(=O)c1c(CC)nc2nc(NCc3ccc(OC)cc3OC)c(Cl)cn12. The Morgan fingerprint density at radius 3 is 2.66 bits per heavy atom. The van der Waals surface area contributed by atoms with E-state index in [-0.39, 0.29) is 6.61 Å². The number of anilines is 1. The number of fused-ring (bicyclic) bond motifs is 1. The van der Waals surface area contributed by atoms with Crippen LogP contribution in [0.2, 0.25) is 5.02 Å². The number of esters is 1. The molecule has 0 aliphatic heterocycles. The molecule has 1 N–H and O–H groups in total. The fraction of sp³-hybridized carbons (Fsp3) is 0.350. The van der Waals surface area contributed by atoms with Crippen LogP contribution in [0.1, 0.15) is 35.6 Å². The smallest absolute Gasteiger partial charge is 0.357 e. The number of carbonyl (C=O) groups excluding carboxylic acids is 1. The van der Waals surface area contributed by atoms with Crippen molar-refractivity contribution >= 4 is 29.2 Å². The first-order valence-corrected chi connectivity index (χ1v) is 9.59. The highest BCUT2D eigenvalue weighted by molar-refractivity contribution is 6.32. The number of hydrogen-bond donors (Lipinski definition) is 1. The Hall–Kier alpha value is -3.00. The molecular formula is C20H23ClN4O4. The summed E-state index contributed by atoms with van der Waals surface area (Å²) in [6.07, 6.45) is 2.19. The molecule has 154 valence electrons. The molecule has 0 aliphatic carbocycles. The fourth-order valence-electron chi connectivity index (χ4n) is 2.96. The minimum absolute atomic E-state index is 0.277. The topological polar surface area (TPSA) is 87.0 Å². The highest BCUT2D eigenvalue weighted by Crippen LogP contribution is 2.27. The van der Waals surface area contributed by atoms with E-state index in [1.165, 1.54) is 0 Å². The standard InChI is InChI=1S/C20H23ClN4O4/c1-5-15-17(19(26)29-6-2)25-11-14(21)18(24-20(25)23-15)22-10-12-7-8-13(27-3)9-16(12)28-4/h7-9,11H,5-6,10H2,1-4H3,(H,22,23,24). The van der Waals surface area contributed by atoms with Gasteiger partial charge in [-0.2, -0.15) is 4.98 Å². The van der Waals surface area contributed by atoms with Gasteiger partial charge in [-0.25, -0.2) is 9.78 Å². The molecule has 0 spiro atoms. The molecule has 0 radical (unpaired) electrons. The summed E-state index contributed by atoms with van der Waals surface area (Å²) in [5.41, 5.74) is 1.87. The molecule has 29 heavy (non-hydrogen) atoms. The molecule has 0 saturated carbocycles. The zero-order chi connectivity index (χ0) is 21.0. The number of nitrogens with zero attached hydrogens (tertiary/aromatic N) is 3. The summed E-state index contributed by atoms with van der Waals surface area (Å²) in [6, 6.07) is 5.56. The number of aromatic nitrogens is 3. The van der Waals surface area contributed by atoms with Crippen molar-refractivity contribution in [3.8, 4) is 11.5 Å². The Morgan fingerprint density at radius 2 is 2.00 bits per heavy atom. The van der Waals surface area contributed by atoms with Gasteiger partial charge in [0.2, 0.25) is 5.78 Å². The van der Waals surface area contributed by atoms with Gasteiger partial charge in [-0.05, 0) is 25.5 Å². The van der Waals surface area contributed by atoms with E-state index in [1.54, 1.807) is 31.7 Å². The molecule has 9 heteroatoms. The third-order valence-electron chi connectivity index (χ3n) is 4.39. The summed E-state index contributed by atoms with van der Waals surface area (Å²) >= 11 is 6.42. The lowest BCUT2D eigenvalue weighted by Gasteiger charge is -2.12. The first-order chi connectivity index (χ1) is 14.0. The van der Waals surface area contributed by atoms with Crippen LogP contribution in [0.5, 0.6) is 11.5 Å². The maximum atomic E-state index is 12.3. The lowest BCUT2D eigenvalue weighted by atomic mass is 10.2. The molecular weight excluding hydrogens is 396 g/mol. The van der Waals surface area contributed by atoms with E-state index in [1.807, 2.05) is 25.1 Å². The first kappa shape index (κ1) is 20.7. The average Bonchev–Trinajstić information content (AvgIpc) is 3.09. The van der Waals surface area contributed by atoms with Gasteiger partial charge >= 0.3 is 5.97 Å². The van der Waals surface area contributed by atoms with E-state index >= 15 is 0 Å². The van der Waals surface area contributed by atoms with E-state index < -0.39 is 5.97 Å². The van der Waals surface area contributed by atoms with Crippen LogP contribution in [-0.4, -0.2) is 41.2 Å². The zero-order valence-electron chi connectivity index (χ0n) is 16.8. The van der Waals surface area contributed by atoms with E-state index in [2.05, 4.69) is 15.3 Å². The highest BCUT2D eigenvalue weighted by Gasteiger charge is 2.21. The quantitative estimate of drug-likeness (QED) is 0.557. The predicted molar refractivity (Wildman–Crippen MR) is 110 cm³/mol. The van der Waals surface area contributed by atoms with Gasteiger partial charge in [-0.15, -0.1) is 0 Å². The number of halogens is 1. The lowest BCUT2D eigenvalue weighted by Crippen LogP contribution is -2.11. The number of methoxy groups -OCH3 is 2. The Bertz CT molecular complexity index is 1030. The normalized spacial score (nSPS) is 10.8. The number of imidazole rings is 1. The van der Waals surface area contributed by atoms with Crippen molar-refractivity contribution in [1.82, 2.24) is 14.4 Å². The largest absolute Gasteiger partial charge is 0.497 e. The molecule has 0 unspecified atom stereocenters. The summed E-state index contributed by atoms with van der Waals surface area (Å²) in [7, 11) is 3.20. The molecule has 0 fully saturated rings. The minimum Gasteiger partial charge on any atom is -0.497 e. The molecule has 8 nitrogen and oxygen atoms in total. The third kappa shape index (κ3) is 4.22. The van der Waals surface area contributed by atoms with E-state index in [9.17, 15) is 4.79 Å². The fourth-order valence-corrected chi connectivity index (χ4v) is 3.17. The van der Waals surface area contributed by atoms with Crippen molar-refractivity contribution < 1.29 is 19.0 Å². The van der Waals surface area contributed by atoms with Crippen LogP contribution in [0, 0.1) is 0 Å². The van der Waals surface area contributed by atoms with Crippen LogP contribution in [0.4, 0.5) is 5.82 Å². The highest BCUT2D eigenvalue weighted by atomic mass is 35.5. The first-order valence-electron chi connectivity index (χ1n) is 9.21. The van der Waals surface area contributed by atoms with Gasteiger partial charge in [0, 0.05) is 24.4 Å². The van der Waals surface area contributed by atoms with Gasteiger partial charge in [0.25, 0.3) is 0 Å². The van der Waals surface area contributed by atoms with Gasteiger partial charge in [0.1, 0.15) is 11.5 Å². The van der Waals surface area contributed by atoms with Crippen LogP contribution in [-0.2, 0) is 17.7 Å². The molecule has 3 aromatic rings. The Balaban J connectivity index is 1.91. The van der Waals surface area contributed by atoms with Crippen LogP contribution in [0.3, 0.4) is 0 Å². The zero-order valence-corrected chi connectivity index (χ0v) is 17.5. The number of benzene rings is 1. The second-order valence-corrected chi connectivity index (χ2v) is 6.53. The van der Waals surface area contributed by atoms with Crippen molar-refractivity contribution in [3.05, 3.63) is 46.4 Å². The van der Waals surface area contributed by atoms with Gasteiger partial charge in [-0.3, -0.25) is 4.40 Å². The van der Waals surface area contributed by atoms with Gasteiger partial charge < -0.3 is 19.5 Å². The molecule has 1 aromatic carbocycles. The molecule has 0 atom stereocenters. The maximum absolute atomic E-state index is 12.3. The molecule has 0 saturated heterocycles. The Kier molecular flexibility index (Phi) is 6.43. The second kappa shape index (κ2) is 9.00. The van der Waals surface area contributed by atoms with E-state index in [4.69, 9.17) is 25.8 Å². The van der Waals surface area contributed by atoms with Crippen LogP contribution >= 0.6 is 11.6 Å². The number of aryl methyl sites for hydroxylation is 1. The number of nitrogens with one attached hydrogen (secondary N) is 1. The van der Waals surface area contributed by atoms with Crippen molar-refractivity contribution in [2.45, 2.75) is 26.8 Å². The van der Waals surface area contributed by atoms with E-state index in [0.29, 0.717) is 52.5 Å². The predicted octanol–water partition coefficient (Wildman–Crippen LogP) is 3.75. The molecule has 0 aliphatic rings. The maximum Gasteiger partial charge on any atom is 0.357 e. The number of rotatable bonds is 8. The van der Waals surface area contributed by atoms with Gasteiger partial charge in [0.05, 0.1) is 31.5 Å². The summed E-state index contributed by atoms with van der Waals surface area (Å²) in [5, 5.41) is 3.56. The number of ether oxygens (including phenoxy) is 3. The van der Waals surface area contributed by atoms with Gasteiger partial charge in [-0.1, -0.05) is 18.5 Å². The minimum atomic E-state index is -0.446. The summed E-state index contributed by atoms with van der Waals surface area (Å²) in [6.45, 7) is 4.39. The molecule has 3 rings (SSSR count). The lowest BCUT2D eigenvalue weighted by molar-refractivity contribution is 0.0517. The van der Waals surface area contributed by atoms with Crippen molar-refractivity contribution in [2.24, 2.45) is 0 Å². The van der Waals surface area contributed by atoms with Crippen molar-refractivity contribution in [2.75, 3.05) is 26.1 Å². The summed E-state index contributed by atoms with van der Waals surface area (Å²) in [4.78, 5) is 21.3. The van der Waals surface area contributed by atoms with Crippen LogP contribution in [0.25, 0.3) is 5.78 Å². The average molecular weight is 419 g/mol. The third-order valence-corrected chi connectivity index (χ3v) is 4.67. The van der Waals surface area contributed by atoms with E-state index in [0.717, 1.165) is 5.56 Å². The molecule has 0 bridgehead atoms. The molecule has 2 aromatic heterocycles. The summed E-state index contributed by atoms with van der Waals surface area (Å²) in [5.74, 6) is 1.78. The summed E-state index contributed by atoms with van der Waals surface area (Å²) < 4.78 is 17.4. The Morgan fingerprint density at radius 1 is 1.21 bits per heavy atom. The van der Waals surface area contributed by atoms with Crippen molar-refractivity contribution in [1.29, 1.82) is 0 Å². The Labute approximate surface area is 173 Å². The monoisotopic (exact) mass is 418 g/mol. The molecule has 0 amide bonds. The molecule has 2 heterocycles. The van der Waals surface area contributed by atoms with Gasteiger partial charge in [0.15, 0.2) is 11.5 Å². The van der Waals surface area contributed by atoms with Crippen LogP contribution in [0.15, 0.2) is 24.4 Å². The second-order valence-electron chi connectivity index (χ2n) is 6.12. The number of carbonyl (C=O) groups is 1. The number of hydrogen-bond acceptors (Lipinski definition) is 7.